The Kier molecular flexibility index (Phi) is 5.14. The second-order valence-corrected chi connectivity index (χ2v) is 8.16. The zero-order chi connectivity index (χ0) is 20.5. The summed E-state index contributed by atoms with van der Waals surface area (Å²) in [7, 11) is 4.07. The SMILES string of the molecule is Cc1cc(C)cc(C(=O)N[C@H]2CCCn3cnc(-c4ccc(N(C)C)cc4)c32)c1. The Morgan fingerprint density at radius 3 is 2.45 bits per heavy atom. The lowest BCUT2D eigenvalue weighted by Gasteiger charge is -2.26. The van der Waals surface area contributed by atoms with Gasteiger partial charge in [0, 0.05) is 37.5 Å². The van der Waals surface area contributed by atoms with Gasteiger partial charge in [-0.25, -0.2) is 4.98 Å². The Bertz CT molecular complexity index is 1010. The highest BCUT2D eigenvalue weighted by atomic mass is 16.1. The largest absolute Gasteiger partial charge is 0.378 e. The van der Waals surface area contributed by atoms with Crippen molar-refractivity contribution in [3.05, 3.63) is 71.2 Å². The Morgan fingerprint density at radius 1 is 1.10 bits per heavy atom. The number of amides is 1. The molecule has 4 rings (SSSR count). The average molecular weight is 389 g/mol. The number of hydrogen-bond acceptors (Lipinski definition) is 3. The van der Waals surface area contributed by atoms with E-state index in [4.69, 9.17) is 4.98 Å². The average Bonchev–Trinajstić information content (AvgIpc) is 3.12. The summed E-state index contributed by atoms with van der Waals surface area (Å²) in [5.74, 6) is -0.0228. The van der Waals surface area contributed by atoms with E-state index in [0.717, 1.165) is 58.7 Å². The number of nitrogens with one attached hydrogen (secondary N) is 1. The molecule has 1 N–H and O–H groups in total. The molecule has 1 atom stereocenters. The predicted molar refractivity (Wildman–Crippen MR) is 117 cm³/mol. The molecule has 1 aliphatic heterocycles. The normalized spacial score (nSPS) is 15.7. The van der Waals surface area contributed by atoms with Gasteiger partial charge in [-0.1, -0.05) is 29.3 Å². The van der Waals surface area contributed by atoms with Crippen LogP contribution >= 0.6 is 0 Å². The number of nitrogens with zero attached hydrogens (tertiary/aromatic N) is 3. The fraction of sp³-hybridized carbons (Fsp3) is 0.333. The van der Waals surface area contributed by atoms with Gasteiger partial charge in [-0.05, 0) is 51.0 Å². The summed E-state index contributed by atoms with van der Waals surface area (Å²) in [6.07, 6.45) is 3.85. The molecule has 5 nitrogen and oxygen atoms in total. The van der Waals surface area contributed by atoms with Crippen molar-refractivity contribution < 1.29 is 4.79 Å². The molecule has 2 aromatic carbocycles. The monoisotopic (exact) mass is 388 g/mol. The van der Waals surface area contributed by atoms with Gasteiger partial charge < -0.3 is 14.8 Å². The summed E-state index contributed by atoms with van der Waals surface area (Å²) in [5, 5.41) is 3.26. The van der Waals surface area contributed by atoms with Gasteiger partial charge in [0.05, 0.1) is 23.8 Å². The van der Waals surface area contributed by atoms with Gasteiger partial charge in [0.2, 0.25) is 0 Å². The standard InChI is InChI=1S/C24H28N4O/c1-16-12-17(2)14-19(13-16)24(29)26-21-6-5-11-28-15-25-22(23(21)28)18-7-9-20(10-8-18)27(3)4/h7-10,12-15,21H,5-6,11H2,1-4H3,(H,26,29)/t21-/m0/s1. The fourth-order valence-electron chi connectivity index (χ4n) is 4.17. The lowest BCUT2D eigenvalue weighted by atomic mass is 9.98. The van der Waals surface area contributed by atoms with Crippen molar-refractivity contribution in [2.75, 3.05) is 19.0 Å². The minimum atomic E-state index is -0.0388. The minimum absolute atomic E-state index is 0.0228. The molecule has 0 bridgehead atoms. The molecule has 2 heterocycles. The number of hydrogen-bond donors (Lipinski definition) is 1. The van der Waals surface area contributed by atoms with Crippen molar-refractivity contribution >= 4 is 11.6 Å². The first-order chi connectivity index (χ1) is 13.9. The van der Waals surface area contributed by atoms with Crippen LogP contribution in [0.5, 0.6) is 0 Å². The van der Waals surface area contributed by atoms with E-state index in [9.17, 15) is 4.79 Å². The van der Waals surface area contributed by atoms with Crippen molar-refractivity contribution in [1.82, 2.24) is 14.9 Å². The van der Waals surface area contributed by atoms with E-state index >= 15 is 0 Å². The van der Waals surface area contributed by atoms with Gasteiger partial charge in [0.15, 0.2) is 0 Å². The molecule has 0 spiro atoms. The highest BCUT2D eigenvalue weighted by Crippen LogP contribution is 2.34. The maximum absolute atomic E-state index is 13.0. The summed E-state index contributed by atoms with van der Waals surface area (Å²) in [4.78, 5) is 19.8. The molecule has 0 aliphatic carbocycles. The van der Waals surface area contributed by atoms with Crippen LogP contribution in [0.25, 0.3) is 11.3 Å². The minimum Gasteiger partial charge on any atom is -0.378 e. The molecule has 1 aliphatic rings. The summed E-state index contributed by atoms with van der Waals surface area (Å²) >= 11 is 0. The maximum Gasteiger partial charge on any atom is 0.251 e. The summed E-state index contributed by atoms with van der Waals surface area (Å²) < 4.78 is 2.19. The molecule has 0 unspecified atom stereocenters. The first-order valence-corrected chi connectivity index (χ1v) is 10.1. The van der Waals surface area contributed by atoms with Crippen LogP contribution in [0.2, 0.25) is 0 Å². The number of aryl methyl sites for hydroxylation is 3. The van der Waals surface area contributed by atoms with Crippen molar-refractivity contribution in [2.45, 2.75) is 39.3 Å². The molecule has 29 heavy (non-hydrogen) atoms. The number of fused-ring (bicyclic) bond motifs is 1. The first kappa shape index (κ1) is 19.2. The zero-order valence-corrected chi connectivity index (χ0v) is 17.6. The molecule has 0 saturated heterocycles. The third kappa shape index (κ3) is 3.90. The molecule has 0 saturated carbocycles. The van der Waals surface area contributed by atoms with E-state index in [2.05, 4.69) is 45.1 Å². The molecule has 150 valence electrons. The topological polar surface area (TPSA) is 50.2 Å². The van der Waals surface area contributed by atoms with Crippen LogP contribution < -0.4 is 10.2 Å². The molecule has 1 aromatic heterocycles. The number of anilines is 1. The second kappa shape index (κ2) is 7.74. The molecular weight excluding hydrogens is 360 g/mol. The van der Waals surface area contributed by atoms with Gasteiger partial charge in [-0.15, -0.1) is 0 Å². The van der Waals surface area contributed by atoms with Crippen LogP contribution in [0.3, 0.4) is 0 Å². The number of rotatable bonds is 4. The van der Waals surface area contributed by atoms with Gasteiger partial charge in [0.25, 0.3) is 5.91 Å². The van der Waals surface area contributed by atoms with E-state index in [0.29, 0.717) is 0 Å². The van der Waals surface area contributed by atoms with E-state index in [1.54, 1.807) is 0 Å². The number of aromatic nitrogens is 2. The first-order valence-electron chi connectivity index (χ1n) is 10.1. The number of benzene rings is 2. The third-order valence-corrected chi connectivity index (χ3v) is 5.55. The lowest BCUT2D eigenvalue weighted by Crippen LogP contribution is -2.32. The number of carbonyl (C=O) groups is 1. The van der Waals surface area contributed by atoms with Gasteiger partial charge in [0.1, 0.15) is 0 Å². The maximum atomic E-state index is 13.0. The Morgan fingerprint density at radius 2 is 1.79 bits per heavy atom. The Hall–Kier alpha value is -3.08. The molecule has 0 fully saturated rings. The smallest absolute Gasteiger partial charge is 0.251 e. The van der Waals surface area contributed by atoms with E-state index in [1.165, 1.54) is 0 Å². The molecule has 3 aromatic rings. The van der Waals surface area contributed by atoms with Crippen LogP contribution in [0.15, 0.2) is 48.8 Å². The molecule has 1 amide bonds. The van der Waals surface area contributed by atoms with Crippen LogP contribution in [-0.2, 0) is 6.54 Å². The predicted octanol–water partition coefficient (Wildman–Crippen LogP) is 4.50. The summed E-state index contributed by atoms with van der Waals surface area (Å²) in [5.41, 5.74) is 7.22. The van der Waals surface area contributed by atoms with Crippen LogP contribution in [-0.4, -0.2) is 29.6 Å². The summed E-state index contributed by atoms with van der Waals surface area (Å²) in [6, 6.07) is 14.4. The zero-order valence-electron chi connectivity index (χ0n) is 17.6. The van der Waals surface area contributed by atoms with Crippen molar-refractivity contribution in [1.29, 1.82) is 0 Å². The van der Waals surface area contributed by atoms with E-state index < -0.39 is 0 Å². The summed E-state index contributed by atoms with van der Waals surface area (Å²) in [6.45, 7) is 4.98. The van der Waals surface area contributed by atoms with Crippen LogP contribution in [0.4, 0.5) is 5.69 Å². The van der Waals surface area contributed by atoms with Crippen LogP contribution in [0, 0.1) is 13.8 Å². The third-order valence-electron chi connectivity index (χ3n) is 5.55. The van der Waals surface area contributed by atoms with Crippen molar-refractivity contribution in [3.63, 3.8) is 0 Å². The molecule has 0 radical (unpaired) electrons. The highest BCUT2D eigenvalue weighted by Gasteiger charge is 2.27. The quantitative estimate of drug-likeness (QED) is 0.716. The van der Waals surface area contributed by atoms with E-state index in [-0.39, 0.29) is 11.9 Å². The fourth-order valence-corrected chi connectivity index (χ4v) is 4.17. The van der Waals surface area contributed by atoms with Crippen LogP contribution in [0.1, 0.15) is 46.1 Å². The number of imidazole rings is 1. The molecule has 5 heteroatoms. The second-order valence-electron chi connectivity index (χ2n) is 8.16. The van der Waals surface area contributed by atoms with Crippen molar-refractivity contribution in [2.24, 2.45) is 0 Å². The van der Waals surface area contributed by atoms with Gasteiger partial charge in [-0.3, -0.25) is 4.79 Å². The number of carbonyl (C=O) groups excluding carboxylic acids is 1. The molecular formula is C24H28N4O. The lowest BCUT2D eigenvalue weighted by molar-refractivity contribution is 0.0929. The van der Waals surface area contributed by atoms with Crippen molar-refractivity contribution in [3.8, 4) is 11.3 Å². The highest BCUT2D eigenvalue weighted by molar-refractivity contribution is 5.95. The Labute approximate surface area is 172 Å². The Balaban J connectivity index is 1.64. The van der Waals surface area contributed by atoms with E-state index in [1.807, 2.05) is 46.4 Å². The van der Waals surface area contributed by atoms with Gasteiger partial charge >= 0.3 is 0 Å². The van der Waals surface area contributed by atoms with Gasteiger partial charge in [-0.2, -0.15) is 0 Å².